The van der Waals surface area contributed by atoms with Gasteiger partial charge in [0.2, 0.25) is 5.91 Å². The molecule has 1 unspecified atom stereocenters. The largest absolute Gasteiger partial charge is 0.479 e. The van der Waals surface area contributed by atoms with Crippen LogP contribution >= 0.6 is 0 Å². The number of rotatable bonds is 3. The summed E-state index contributed by atoms with van der Waals surface area (Å²) in [6.07, 6.45) is -0.199. The molecule has 1 aromatic rings. The SMILES string of the molecule is Cc1ccc(C(C(=O)O)N2CC(=O)CC2=O)cc1. The van der Waals surface area contributed by atoms with Crippen molar-refractivity contribution in [2.24, 2.45) is 0 Å². The molecule has 0 aromatic heterocycles. The van der Waals surface area contributed by atoms with Crippen LogP contribution in [-0.2, 0) is 14.4 Å². The fraction of sp³-hybridized carbons (Fsp3) is 0.308. The molecule has 1 amide bonds. The summed E-state index contributed by atoms with van der Waals surface area (Å²) in [5, 5.41) is 9.26. The molecule has 1 aromatic carbocycles. The minimum atomic E-state index is -1.12. The summed E-state index contributed by atoms with van der Waals surface area (Å²) in [5.41, 5.74) is 1.52. The minimum Gasteiger partial charge on any atom is -0.479 e. The molecule has 2 rings (SSSR count). The Kier molecular flexibility index (Phi) is 3.14. The van der Waals surface area contributed by atoms with Crippen molar-refractivity contribution in [1.29, 1.82) is 0 Å². The number of amides is 1. The van der Waals surface area contributed by atoms with Crippen LogP contribution in [0, 0.1) is 6.92 Å². The van der Waals surface area contributed by atoms with Crippen molar-refractivity contribution in [1.82, 2.24) is 4.90 Å². The van der Waals surface area contributed by atoms with E-state index in [4.69, 9.17) is 0 Å². The summed E-state index contributed by atoms with van der Waals surface area (Å²) in [7, 11) is 0. The Bertz CT molecular complexity index is 506. The second-order valence-electron chi connectivity index (χ2n) is 4.39. The predicted octanol–water partition coefficient (Wildman–Crippen LogP) is 0.922. The number of nitrogens with zero attached hydrogens (tertiary/aromatic N) is 1. The van der Waals surface area contributed by atoms with Crippen LogP contribution in [0.5, 0.6) is 0 Å². The average Bonchev–Trinajstić information content (AvgIpc) is 2.61. The number of Topliss-reactive ketones (excluding diaryl/α,β-unsaturated/α-hetero) is 1. The zero-order valence-corrected chi connectivity index (χ0v) is 9.92. The number of carboxylic acid groups (broad SMARTS) is 1. The maximum Gasteiger partial charge on any atom is 0.331 e. The van der Waals surface area contributed by atoms with Crippen LogP contribution in [0.2, 0.25) is 0 Å². The van der Waals surface area contributed by atoms with E-state index >= 15 is 0 Å². The summed E-state index contributed by atoms with van der Waals surface area (Å²) in [6, 6.07) is 5.83. The number of aliphatic carboxylic acids is 1. The van der Waals surface area contributed by atoms with Crippen molar-refractivity contribution in [2.45, 2.75) is 19.4 Å². The lowest BCUT2D eigenvalue weighted by atomic mass is 10.0. The molecule has 0 spiro atoms. The third kappa shape index (κ3) is 2.25. The first kappa shape index (κ1) is 12.3. The molecule has 94 valence electrons. The van der Waals surface area contributed by atoms with Crippen LogP contribution in [0.15, 0.2) is 24.3 Å². The normalized spacial score (nSPS) is 17.1. The van der Waals surface area contributed by atoms with E-state index in [1.165, 1.54) is 0 Å². The monoisotopic (exact) mass is 247 g/mol. The molecule has 1 saturated heterocycles. The van der Waals surface area contributed by atoms with Crippen molar-refractivity contribution in [3.8, 4) is 0 Å². The van der Waals surface area contributed by atoms with Crippen molar-refractivity contribution in [3.63, 3.8) is 0 Å². The zero-order valence-electron chi connectivity index (χ0n) is 9.92. The third-order valence-corrected chi connectivity index (χ3v) is 2.95. The molecule has 1 N–H and O–H groups in total. The van der Waals surface area contributed by atoms with Gasteiger partial charge in [-0.2, -0.15) is 0 Å². The molecule has 1 atom stereocenters. The molecule has 1 aliphatic heterocycles. The predicted molar refractivity (Wildman–Crippen MR) is 62.9 cm³/mol. The highest BCUT2D eigenvalue weighted by Crippen LogP contribution is 2.25. The number of ketones is 1. The standard InChI is InChI=1S/C13H13NO4/c1-8-2-4-9(5-3-8)12(13(17)18)14-7-10(15)6-11(14)16/h2-5,12H,6-7H2,1H3,(H,17,18). The highest BCUT2D eigenvalue weighted by molar-refractivity contribution is 6.06. The van der Waals surface area contributed by atoms with Gasteiger partial charge in [0.15, 0.2) is 11.8 Å². The van der Waals surface area contributed by atoms with Gasteiger partial charge in [-0.1, -0.05) is 29.8 Å². The summed E-state index contributed by atoms with van der Waals surface area (Å²) < 4.78 is 0. The highest BCUT2D eigenvalue weighted by atomic mass is 16.4. The molecule has 0 bridgehead atoms. The van der Waals surface area contributed by atoms with E-state index in [-0.39, 0.29) is 18.7 Å². The van der Waals surface area contributed by atoms with Crippen molar-refractivity contribution >= 4 is 17.7 Å². The van der Waals surface area contributed by atoms with E-state index in [0.29, 0.717) is 5.56 Å². The van der Waals surface area contributed by atoms with Crippen LogP contribution in [-0.4, -0.2) is 34.2 Å². The van der Waals surface area contributed by atoms with E-state index in [2.05, 4.69) is 0 Å². The van der Waals surface area contributed by atoms with E-state index in [1.54, 1.807) is 24.3 Å². The van der Waals surface area contributed by atoms with E-state index < -0.39 is 17.9 Å². The first-order valence-electron chi connectivity index (χ1n) is 5.59. The van der Waals surface area contributed by atoms with Crippen molar-refractivity contribution in [2.75, 3.05) is 6.54 Å². The number of likely N-dealkylation sites (tertiary alicyclic amines) is 1. The van der Waals surface area contributed by atoms with E-state index in [9.17, 15) is 19.5 Å². The Morgan fingerprint density at radius 2 is 1.89 bits per heavy atom. The maximum absolute atomic E-state index is 11.6. The molecule has 5 heteroatoms. The molecule has 0 radical (unpaired) electrons. The van der Waals surface area contributed by atoms with Gasteiger partial charge in [0.1, 0.15) is 0 Å². The van der Waals surface area contributed by atoms with Crippen LogP contribution < -0.4 is 0 Å². The van der Waals surface area contributed by atoms with E-state index in [0.717, 1.165) is 10.5 Å². The number of aryl methyl sites for hydroxylation is 1. The van der Waals surface area contributed by atoms with Crippen molar-refractivity contribution < 1.29 is 19.5 Å². The van der Waals surface area contributed by atoms with Crippen LogP contribution in [0.25, 0.3) is 0 Å². The zero-order chi connectivity index (χ0) is 13.3. The van der Waals surface area contributed by atoms with Gasteiger partial charge in [0.05, 0.1) is 13.0 Å². The molecule has 1 fully saturated rings. The highest BCUT2D eigenvalue weighted by Gasteiger charge is 2.37. The summed E-state index contributed by atoms with van der Waals surface area (Å²) >= 11 is 0. The number of carboxylic acids is 1. The number of carbonyl (C=O) groups is 3. The van der Waals surface area contributed by atoms with Gasteiger partial charge < -0.3 is 10.0 Å². The second-order valence-corrected chi connectivity index (χ2v) is 4.39. The summed E-state index contributed by atoms with van der Waals surface area (Å²) in [6.45, 7) is 1.77. The molecule has 1 aliphatic rings. The van der Waals surface area contributed by atoms with Crippen molar-refractivity contribution in [3.05, 3.63) is 35.4 Å². The lowest BCUT2D eigenvalue weighted by Crippen LogP contribution is -2.35. The fourth-order valence-electron chi connectivity index (χ4n) is 2.04. The van der Waals surface area contributed by atoms with E-state index in [1.807, 2.05) is 6.92 Å². The number of hydrogen-bond acceptors (Lipinski definition) is 3. The molecular formula is C13H13NO4. The quantitative estimate of drug-likeness (QED) is 0.806. The Balaban J connectivity index is 2.34. The van der Waals surface area contributed by atoms with Crippen LogP contribution in [0.4, 0.5) is 0 Å². The average molecular weight is 247 g/mol. The number of benzene rings is 1. The van der Waals surface area contributed by atoms with Gasteiger partial charge in [0, 0.05) is 0 Å². The van der Waals surface area contributed by atoms with Gasteiger partial charge in [-0.05, 0) is 12.5 Å². The molecule has 1 heterocycles. The maximum atomic E-state index is 11.6. The summed E-state index contributed by atoms with van der Waals surface area (Å²) in [4.78, 5) is 35.3. The van der Waals surface area contributed by atoms with Gasteiger partial charge in [0.25, 0.3) is 0 Å². The molecule has 0 aliphatic carbocycles. The third-order valence-electron chi connectivity index (χ3n) is 2.95. The van der Waals surface area contributed by atoms with Gasteiger partial charge in [-0.15, -0.1) is 0 Å². The van der Waals surface area contributed by atoms with Gasteiger partial charge >= 0.3 is 5.97 Å². The van der Waals surface area contributed by atoms with Gasteiger partial charge in [-0.25, -0.2) is 4.79 Å². The smallest absolute Gasteiger partial charge is 0.331 e. The van der Waals surface area contributed by atoms with Crippen LogP contribution in [0.3, 0.4) is 0 Å². The van der Waals surface area contributed by atoms with Crippen LogP contribution in [0.1, 0.15) is 23.6 Å². The first-order valence-corrected chi connectivity index (χ1v) is 5.59. The Morgan fingerprint density at radius 1 is 1.28 bits per heavy atom. The Hall–Kier alpha value is -2.17. The molecular weight excluding hydrogens is 234 g/mol. The lowest BCUT2D eigenvalue weighted by molar-refractivity contribution is -0.148. The number of carbonyl (C=O) groups excluding carboxylic acids is 2. The lowest BCUT2D eigenvalue weighted by Gasteiger charge is -2.23. The topological polar surface area (TPSA) is 74.7 Å². The molecule has 18 heavy (non-hydrogen) atoms. The molecule has 5 nitrogen and oxygen atoms in total. The second kappa shape index (κ2) is 4.60. The Labute approximate surface area is 104 Å². The fourth-order valence-corrected chi connectivity index (χ4v) is 2.04. The minimum absolute atomic E-state index is 0.121. The number of hydrogen-bond donors (Lipinski definition) is 1. The molecule has 0 saturated carbocycles. The van der Waals surface area contributed by atoms with Gasteiger partial charge in [-0.3, -0.25) is 9.59 Å². The first-order chi connectivity index (χ1) is 8.49. The Morgan fingerprint density at radius 3 is 2.33 bits per heavy atom. The summed E-state index contributed by atoms with van der Waals surface area (Å²) in [5.74, 6) is -1.78.